The Kier molecular flexibility index (Phi) is 5.21. The van der Waals surface area contributed by atoms with Crippen LogP contribution in [0.25, 0.3) is 0 Å². The van der Waals surface area contributed by atoms with Crippen LogP contribution in [0.3, 0.4) is 0 Å². The molecule has 3 heteroatoms. The van der Waals surface area contributed by atoms with Crippen LogP contribution in [0.2, 0.25) is 0 Å². The molecule has 114 valence electrons. The first-order valence-corrected chi connectivity index (χ1v) is 7.50. The van der Waals surface area contributed by atoms with Gasteiger partial charge in [-0.3, -0.25) is 0 Å². The van der Waals surface area contributed by atoms with E-state index in [1.54, 1.807) is 6.26 Å². The van der Waals surface area contributed by atoms with E-state index in [-0.39, 0.29) is 6.04 Å². The number of aliphatic hydroxyl groups is 1. The summed E-state index contributed by atoms with van der Waals surface area (Å²) in [6.07, 6.45) is 1.14. The van der Waals surface area contributed by atoms with Gasteiger partial charge in [-0.15, -0.1) is 0 Å². The third kappa shape index (κ3) is 3.96. The molecule has 1 aromatic heterocycles. The Hall–Kier alpha value is -1.58. The van der Waals surface area contributed by atoms with Crippen molar-refractivity contribution in [2.24, 2.45) is 5.92 Å². The smallest absolute Gasteiger partial charge is 0.117 e. The largest absolute Gasteiger partial charge is 0.468 e. The summed E-state index contributed by atoms with van der Waals surface area (Å²) < 4.78 is 5.34. The molecule has 0 aliphatic heterocycles. The van der Waals surface area contributed by atoms with Crippen molar-refractivity contribution in [2.75, 3.05) is 0 Å². The number of benzene rings is 1. The molecule has 0 amide bonds. The minimum absolute atomic E-state index is 0.0165. The Labute approximate surface area is 127 Å². The fraction of sp³-hybridized carbons (Fsp3) is 0.444. The SMILES string of the molecule is Cc1ccc(C(O)C(NCc2ccco2)C(C)C)cc1C. The van der Waals surface area contributed by atoms with Gasteiger partial charge in [-0.25, -0.2) is 0 Å². The highest BCUT2D eigenvalue weighted by atomic mass is 16.3. The number of aryl methyl sites for hydroxylation is 2. The number of furan rings is 1. The molecule has 0 radical (unpaired) electrons. The zero-order chi connectivity index (χ0) is 15.4. The number of rotatable bonds is 6. The lowest BCUT2D eigenvalue weighted by atomic mass is 9.91. The van der Waals surface area contributed by atoms with E-state index in [2.05, 4.69) is 45.1 Å². The molecule has 1 heterocycles. The summed E-state index contributed by atoms with van der Waals surface area (Å²) in [4.78, 5) is 0. The van der Waals surface area contributed by atoms with Crippen molar-refractivity contribution in [3.05, 3.63) is 59.0 Å². The molecule has 0 aliphatic rings. The van der Waals surface area contributed by atoms with Crippen LogP contribution in [0.4, 0.5) is 0 Å². The first kappa shape index (κ1) is 15.8. The highest BCUT2D eigenvalue weighted by molar-refractivity contribution is 5.31. The van der Waals surface area contributed by atoms with Crippen LogP contribution in [0.15, 0.2) is 41.0 Å². The van der Waals surface area contributed by atoms with E-state index in [1.165, 1.54) is 11.1 Å². The van der Waals surface area contributed by atoms with Gasteiger partial charge in [0, 0.05) is 6.04 Å². The summed E-state index contributed by atoms with van der Waals surface area (Å²) in [6.45, 7) is 9.01. The number of hydrogen-bond donors (Lipinski definition) is 2. The normalized spacial score (nSPS) is 14.4. The maximum atomic E-state index is 10.7. The van der Waals surface area contributed by atoms with Crippen molar-refractivity contribution < 1.29 is 9.52 Å². The summed E-state index contributed by atoms with van der Waals surface area (Å²) in [7, 11) is 0. The van der Waals surface area contributed by atoms with Crippen molar-refractivity contribution in [2.45, 2.75) is 46.4 Å². The van der Waals surface area contributed by atoms with Crippen LogP contribution in [-0.4, -0.2) is 11.1 Å². The van der Waals surface area contributed by atoms with E-state index in [9.17, 15) is 5.11 Å². The monoisotopic (exact) mass is 287 g/mol. The standard InChI is InChI=1S/C18H25NO2/c1-12(2)17(19-11-16-6-5-9-21-16)18(20)15-8-7-13(3)14(4)10-15/h5-10,12,17-20H,11H2,1-4H3. The molecule has 0 saturated heterocycles. The molecule has 21 heavy (non-hydrogen) atoms. The molecule has 0 fully saturated rings. The Morgan fingerprint density at radius 3 is 2.48 bits per heavy atom. The van der Waals surface area contributed by atoms with Crippen LogP contribution in [0.1, 0.15) is 42.4 Å². The molecule has 3 nitrogen and oxygen atoms in total. The molecule has 2 atom stereocenters. The highest BCUT2D eigenvalue weighted by Gasteiger charge is 2.24. The quantitative estimate of drug-likeness (QED) is 0.850. The number of nitrogens with one attached hydrogen (secondary N) is 1. The molecule has 2 aromatic rings. The summed E-state index contributed by atoms with van der Waals surface area (Å²) in [5, 5.41) is 14.1. The van der Waals surface area contributed by atoms with Gasteiger partial charge in [-0.2, -0.15) is 0 Å². The van der Waals surface area contributed by atoms with E-state index < -0.39 is 6.10 Å². The van der Waals surface area contributed by atoms with Crippen LogP contribution in [0, 0.1) is 19.8 Å². The van der Waals surface area contributed by atoms with Gasteiger partial charge in [0.2, 0.25) is 0 Å². The topological polar surface area (TPSA) is 45.4 Å². The zero-order valence-electron chi connectivity index (χ0n) is 13.3. The summed E-state index contributed by atoms with van der Waals surface area (Å²) in [5.41, 5.74) is 3.42. The Bertz CT molecular complexity index is 561. The second-order valence-corrected chi connectivity index (χ2v) is 6.02. The van der Waals surface area contributed by atoms with Gasteiger partial charge in [0.1, 0.15) is 5.76 Å². The third-order valence-corrected chi connectivity index (χ3v) is 4.02. The molecule has 2 N–H and O–H groups in total. The average Bonchev–Trinajstić information content (AvgIpc) is 2.94. The summed E-state index contributed by atoms with van der Waals surface area (Å²) in [6, 6.07) is 9.95. The molecule has 0 aliphatic carbocycles. The van der Waals surface area contributed by atoms with E-state index >= 15 is 0 Å². The Morgan fingerprint density at radius 2 is 1.90 bits per heavy atom. The van der Waals surface area contributed by atoms with Crippen molar-refractivity contribution in [1.29, 1.82) is 0 Å². The predicted molar refractivity (Wildman–Crippen MR) is 85.0 cm³/mol. The summed E-state index contributed by atoms with van der Waals surface area (Å²) >= 11 is 0. The van der Waals surface area contributed by atoms with Gasteiger partial charge in [-0.05, 0) is 48.6 Å². The van der Waals surface area contributed by atoms with Crippen molar-refractivity contribution in [3.63, 3.8) is 0 Å². The van der Waals surface area contributed by atoms with Crippen LogP contribution >= 0.6 is 0 Å². The molecular weight excluding hydrogens is 262 g/mol. The van der Waals surface area contributed by atoms with Gasteiger partial charge in [-0.1, -0.05) is 32.0 Å². The van der Waals surface area contributed by atoms with Crippen molar-refractivity contribution in [1.82, 2.24) is 5.32 Å². The van der Waals surface area contributed by atoms with Gasteiger partial charge < -0.3 is 14.8 Å². The lowest BCUT2D eigenvalue weighted by Crippen LogP contribution is -2.38. The lowest BCUT2D eigenvalue weighted by molar-refractivity contribution is 0.103. The van der Waals surface area contributed by atoms with E-state index in [4.69, 9.17) is 4.42 Å². The molecule has 0 spiro atoms. The number of hydrogen-bond acceptors (Lipinski definition) is 3. The molecule has 0 bridgehead atoms. The maximum absolute atomic E-state index is 10.7. The fourth-order valence-electron chi connectivity index (χ4n) is 2.50. The van der Waals surface area contributed by atoms with Crippen molar-refractivity contribution >= 4 is 0 Å². The van der Waals surface area contributed by atoms with Crippen LogP contribution in [0.5, 0.6) is 0 Å². The molecule has 2 unspecified atom stereocenters. The highest BCUT2D eigenvalue weighted by Crippen LogP contribution is 2.24. The van der Waals surface area contributed by atoms with Crippen molar-refractivity contribution in [3.8, 4) is 0 Å². The second kappa shape index (κ2) is 6.92. The average molecular weight is 287 g/mol. The summed E-state index contributed by atoms with van der Waals surface area (Å²) in [5.74, 6) is 1.20. The van der Waals surface area contributed by atoms with E-state index in [1.807, 2.05) is 18.2 Å². The lowest BCUT2D eigenvalue weighted by Gasteiger charge is -2.28. The molecule has 0 saturated carbocycles. The second-order valence-electron chi connectivity index (χ2n) is 6.02. The minimum Gasteiger partial charge on any atom is -0.468 e. The Morgan fingerprint density at radius 1 is 1.14 bits per heavy atom. The maximum Gasteiger partial charge on any atom is 0.117 e. The van der Waals surface area contributed by atoms with Crippen LogP contribution < -0.4 is 5.32 Å². The van der Waals surface area contributed by atoms with Crippen LogP contribution in [-0.2, 0) is 6.54 Å². The van der Waals surface area contributed by atoms with E-state index in [0.29, 0.717) is 12.5 Å². The van der Waals surface area contributed by atoms with Gasteiger partial charge in [0.05, 0.1) is 18.9 Å². The fourth-order valence-corrected chi connectivity index (χ4v) is 2.50. The number of aliphatic hydroxyl groups excluding tert-OH is 1. The molecular formula is C18H25NO2. The zero-order valence-corrected chi connectivity index (χ0v) is 13.3. The predicted octanol–water partition coefficient (Wildman–Crippen LogP) is 3.74. The molecule has 1 aromatic carbocycles. The van der Waals surface area contributed by atoms with E-state index in [0.717, 1.165) is 11.3 Å². The minimum atomic E-state index is -0.528. The van der Waals surface area contributed by atoms with Gasteiger partial charge >= 0.3 is 0 Å². The Balaban J connectivity index is 2.10. The van der Waals surface area contributed by atoms with Gasteiger partial charge in [0.25, 0.3) is 0 Å². The first-order chi connectivity index (χ1) is 9.99. The van der Waals surface area contributed by atoms with Gasteiger partial charge in [0.15, 0.2) is 0 Å². The molecule has 2 rings (SSSR count). The first-order valence-electron chi connectivity index (χ1n) is 7.50. The third-order valence-electron chi connectivity index (χ3n) is 4.02.